The van der Waals surface area contributed by atoms with Gasteiger partial charge in [-0.05, 0) is 68.3 Å². The molecular weight excluding hydrogens is 567 g/mol. The first-order valence-corrected chi connectivity index (χ1v) is 14.9. The van der Waals surface area contributed by atoms with E-state index >= 15 is 0 Å². The maximum Gasteiger partial charge on any atom is 0.149 e. The van der Waals surface area contributed by atoms with Crippen molar-refractivity contribution in [1.29, 1.82) is 0 Å². The van der Waals surface area contributed by atoms with Gasteiger partial charge < -0.3 is 25.3 Å². The number of hydrogen-bond acceptors (Lipinski definition) is 7. The highest BCUT2D eigenvalue weighted by atomic mass is 35.5. The summed E-state index contributed by atoms with van der Waals surface area (Å²) in [5.41, 5.74) is 9.01. The second kappa shape index (κ2) is 16.2. The highest BCUT2D eigenvalue weighted by Gasteiger charge is 2.28. The second-order valence-electron chi connectivity index (χ2n) is 10.5. The standard InChI is InChI=1S/C32H35ClFN3O2.CH5N.CH2O/c1-5-6-23(16-35-15-21-11-24(17-36-25-8-9-25)20(3)30(12-21)38-4)29-14-26-19(2)18-39-32(26)31(37-29)22-7-10-28(34)27(33)13-22;2*1-2/h7,10-15,17,19,23,25,36H,3,5-6,8-9,16,18H2,1-2,4H3;2H2,1H3;1H2/b24-17-,35-15?;;. The molecule has 2 unspecified atom stereocenters. The maximum atomic E-state index is 13.9. The van der Waals surface area contributed by atoms with Gasteiger partial charge in [0.15, 0.2) is 0 Å². The number of halogens is 2. The van der Waals surface area contributed by atoms with E-state index in [0.29, 0.717) is 24.9 Å². The lowest BCUT2D eigenvalue weighted by molar-refractivity contribution is -0.0980. The number of nitrogens with two attached hydrogens (primary N) is 1. The van der Waals surface area contributed by atoms with Crippen molar-refractivity contribution in [3.63, 3.8) is 0 Å². The molecule has 0 saturated heterocycles. The normalized spacial score (nSPS) is 16.3. The molecule has 1 saturated carbocycles. The van der Waals surface area contributed by atoms with Crippen LogP contribution in [0.1, 0.15) is 68.2 Å². The van der Waals surface area contributed by atoms with Gasteiger partial charge in [-0.1, -0.05) is 38.4 Å². The molecule has 2 heterocycles. The summed E-state index contributed by atoms with van der Waals surface area (Å²) in [6, 6.07) is 11.5. The third-order valence-corrected chi connectivity index (χ3v) is 7.67. The van der Waals surface area contributed by atoms with Crippen LogP contribution in [-0.2, 0) is 4.79 Å². The van der Waals surface area contributed by atoms with Crippen LogP contribution in [0, 0.1) is 5.82 Å². The summed E-state index contributed by atoms with van der Waals surface area (Å²) in [5, 5.41) is 5.38. The number of carbonyl (C=O) groups excluding carboxylic acids is 1. The van der Waals surface area contributed by atoms with Crippen LogP contribution in [0.3, 0.4) is 0 Å². The first-order chi connectivity index (χ1) is 20.9. The average Bonchev–Trinajstić information content (AvgIpc) is 3.80. The Labute approximate surface area is 258 Å². The molecule has 2 aromatic carbocycles. The Hall–Kier alpha value is -3.75. The van der Waals surface area contributed by atoms with Crippen molar-refractivity contribution in [1.82, 2.24) is 10.3 Å². The van der Waals surface area contributed by atoms with Crippen LogP contribution in [-0.4, -0.2) is 51.3 Å². The molecule has 0 amide bonds. The van der Waals surface area contributed by atoms with Crippen LogP contribution in [0.4, 0.5) is 4.39 Å². The first-order valence-electron chi connectivity index (χ1n) is 14.5. The number of benzene rings is 2. The Morgan fingerprint density at radius 1 is 1.26 bits per heavy atom. The number of aliphatic imine (C=N–C) groups is 1. The fraction of sp³-hybridized carbons (Fsp3) is 0.382. The third kappa shape index (κ3) is 8.42. The quantitative estimate of drug-likeness (QED) is 0.302. The number of fused-ring (bicyclic) bond motifs is 1. The molecule has 2 aliphatic rings. The summed E-state index contributed by atoms with van der Waals surface area (Å²) in [7, 11) is 3.16. The predicted molar refractivity (Wildman–Crippen MR) is 174 cm³/mol. The van der Waals surface area contributed by atoms with Gasteiger partial charge in [-0.15, -0.1) is 0 Å². The van der Waals surface area contributed by atoms with Crippen molar-refractivity contribution < 1.29 is 18.7 Å². The summed E-state index contributed by atoms with van der Waals surface area (Å²) >= 11 is 6.12. The molecule has 7 nitrogen and oxygen atoms in total. The first kappa shape index (κ1) is 33.7. The molecule has 43 heavy (non-hydrogen) atoms. The van der Waals surface area contributed by atoms with Crippen LogP contribution in [0.15, 0.2) is 41.4 Å². The number of carbonyl (C=O) groups is 1. The summed E-state index contributed by atoms with van der Waals surface area (Å²) in [6.45, 7) is 11.7. The molecule has 1 aromatic heterocycles. The molecule has 0 spiro atoms. The molecule has 5 rings (SSSR count). The Balaban J connectivity index is 0.00000121. The van der Waals surface area contributed by atoms with Gasteiger partial charge in [0, 0.05) is 64.1 Å². The number of hydrogen-bond donors (Lipinski definition) is 2. The van der Waals surface area contributed by atoms with Crippen LogP contribution in [0.2, 0.25) is 5.02 Å². The Morgan fingerprint density at radius 2 is 2.00 bits per heavy atom. The van der Waals surface area contributed by atoms with Gasteiger partial charge in [-0.3, -0.25) is 4.99 Å². The fourth-order valence-electron chi connectivity index (χ4n) is 4.94. The van der Waals surface area contributed by atoms with Crippen molar-refractivity contribution in [2.24, 2.45) is 10.7 Å². The topological polar surface area (TPSA) is 98.8 Å². The van der Waals surface area contributed by atoms with E-state index in [1.165, 1.54) is 26.0 Å². The van der Waals surface area contributed by atoms with E-state index in [1.54, 1.807) is 19.2 Å². The van der Waals surface area contributed by atoms with Gasteiger partial charge in [0.25, 0.3) is 0 Å². The van der Waals surface area contributed by atoms with Crippen LogP contribution < -0.4 is 31.0 Å². The van der Waals surface area contributed by atoms with E-state index < -0.39 is 5.82 Å². The van der Waals surface area contributed by atoms with Crippen LogP contribution in [0.5, 0.6) is 11.5 Å². The minimum atomic E-state index is -0.451. The molecular formula is C34H42ClFN4O3. The third-order valence-electron chi connectivity index (χ3n) is 7.38. The SMILES string of the molecule is C=O.C=c1c(OC)cc(C=NCC(CCC)c2cc3c(c(-c4ccc(F)c(Cl)c4)n2)OCC3C)c/c1=C/NC1CC1.CN. The number of ether oxygens (including phenoxy) is 2. The van der Waals surface area contributed by atoms with Gasteiger partial charge in [-0.25, -0.2) is 9.37 Å². The molecule has 1 aliphatic carbocycles. The number of pyridine rings is 1. The van der Waals surface area contributed by atoms with Crippen molar-refractivity contribution in [2.75, 3.05) is 27.3 Å². The fourth-order valence-corrected chi connectivity index (χ4v) is 5.12. The minimum Gasteiger partial charge on any atom is -0.496 e. The smallest absolute Gasteiger partial charge is 0.149 e. The molecule has 0 bridgehead atoms. The zero-order chi connectivity index (χ0) is 31.5. The highest BCUT2D eigenvalue weighted by molar-refractivity contribution is 6.31. The largest absolute Gasteiger partial charge is 0.496 e. The van der Waals surface area contributed by atoms with Crippen molar-refractivity contribution in [3.8, 4) is 22.8 Å². The predicted octanol–water partition coefficient (Wildman–Crippen LogP) is 5.34. The van der Waals surface area contributed by atoms with Crippen molar-refractivity contribution >= 4 is 37.4 Å². The van der Waals surface area contributed by atoms with Crippen molar-refractivity contribution in [3.05, 3.63) is 74.5 Å². The zero-order valence-electron chi connectivity index (χ0n) is 25.5. The number of rotatable bonds is 10. The maximum absolute atomic E-state index is 13.9. The lowest BCUT2D eigenvalue weighted by atomic mass is 9.93. The molecule has 9 heteroatoms. The van der Waals surface area contributed by atoms with Gasteiger partial charge in [0.05, 0.1) is 18.7 Å². The Morgan fingerprint density at radius 3 is 2.65 bits per heavy atom. The van der Waals surface area contributed by atoms with E-state index in [0.717, 1.165) is 57.2 Å². The van der Waals surface area contributed by atoms with E-state index in [2.05, 4.69) is 43.6 Å². The van der Waals surface area contributed by atoms with Gasteiger partial charge in [-0.2, -0.15) is 0 Å². The molecule has 0 radical (unpaired) electrons. The lowest BCUT2D eigenvalue weighted by Gasteiger charge is -2.17. The van der Waals surface area contributed by atoms with Crippen molar-refractivity contribution in [2.45, 2.75) is 57.4 Å². The van der Waals surface area contributed by atoms with Gasteiger partial charge in [0.1, 0.15) is 29.8 Å². The molecule has 3 aromatic rings. The summed E-state index contributed by atoms with van der Waals surface area (Å²) in [6.07, 6.45) is 8.28. The Bertz CT molecular complexity index is 1530. The average molecular weight is 609 g/mol. The molecule has 1 aliphatic heterocycles. The van der Waals surface area contributed by atoms with E-state index in [9.17, 15) is 4.39 Å². The van der Waals surface area contributed by atoms with Gasteiger partial charge >= 0.3 is 0 Å². The number of methoxy groups -OCH3 is 1. The zero-order valence-corrected chi connectivity index (χ0v) is 26.2. The molecule has 230 valence electrons. The minimum absolute atomic E-state index is 0.0712. The van der Waals surface area contributed by atoms with E-state index in [4.69, 9.17) is 35.8 Å². The van der Waals surface area contributed by atoms with E-state index in [-0.39, 0.29) is 16.9 Å². The highest BCUT2D eigenvalue weighted by Crippen LogP contribution is 2.43. The number of nitrogens with one attached hydrogen (secondary N) is 1. The summed E-state index contributed by atoms with van der Waals surface area (Å²) in [4.78, 5) is 17.9. The van der Waals surface area contributed by atoms with Crippen LogP contribution >= 0.6 is 11.6 Å². The molecule has 3 N–H and O–H groups in total. The van der Waals surface area contributed by atoms with Gasteiger partial charge in [0.2, 0.25) is 0 Å². The Kier molecular flexibility index (Phi) is 12.7. The number of nitrogens with zero attached hydrogens (tertiary/aromatic N) is 2. The molecule has 1 fully saturated rings. The van der Waals surface area contributed by atoms with E-state index in [1.807, 2.05) is 25.3 Å². The summed E-state index contributed by atoms with van der Waals surface area (Å²) in [5.74, 6) is 1.42. The van der Waals surface area contributed by atoms with Crippen LogP contribution in [0.25, 0.3) is 24.0 Å². The number of aromatic nitrogens is 1. The second-order valence-corrected chi connectivity index (χ2v) is 10.9. The molecule has 2 atom stereocenters. The monoisotopic (exact) mass is 608 g/mol. The lowest BCUT2D eigenvalue weighted by Crippen LogP contribution is -2.29. The summed E-state index contributed by atoms with van der Waals surface area (Å²) < 4.78 is 25.5.